The van der Waals surface area contributed by atoms with Gasteiger partial charge in [-0.3, -0.25) is 14.7 Å². The number of aromatic nitrogens is 1. The van der Waals surface area contributed by atoms with Crippen molar-refractivity contribution in [2.75, 3.05) is 38.5 Å². The van der Waals surface area contributed by atoms with Crippen LogP contribution in [0.3, 0.4) is 0 Å². The Morgan fingerprint density at radius 2 is 1.91 bits per heavy atom. The summed E-state index contributed by atoms with van der Waals surface area (Å²) in [6.45, 7) is 4.53. The number of rotatable bonds is 3. The van der Waals surface area contributed by atoms with Crippen LogP contribution in [0, 0.1) is 0 Å². The van der Waals surface area contributed by atoms with Gasteiger partial charge in [-0.15, -0.1) is 0 Å². The van der Waals surface area contributed by atoms with Crippen LogP contribution in [0.1, 0.15) is 23.6 Å². The topological polar surface area (TPSA) is 60.5 Å². The standard InChI is InChI=1S/C19H24ClN3.C6H6N2O/c1-22-9-11-23(12-10-22)19-17-7-6-16(20)13-15(17)5-4-14-3-2-8-21-18(14)19;9-5-8-6-1-3-7-4-2-6/h2-3,6-8,13,18-19,21H,4-5,9-12H2,1H3;1-5H,(H,7,8,9). The molecule has 3 heterocycles. The van der Waals surface area contributed by atoms with Crippen molar-refractivity contribution in [1.29, 1.82) is 0 Å². The Balaban J connectivity index is 0.000000230. The number of hydrogen-bond acceptors (Lipinski definition) is 5. The van der Waals surface area contributed by atoms with E-state index in [4.69, 9.17) is 11.6 Å². The van der Waals surface area contributed by atoms with Crippen LogP contribution in [-0.2, 0) is 11.2 Å². The van der Waals surface area contributed by atoms with Crippen LogP contribution >= 0.6 is 11.6 Å². The summed E-state index contributed by atoms with van der Waals surface area (Å²) in [5.41, 5.74) is 5.15. The van der Waals surface area contributed by atoms with E-state index in [9.17, 15) is 4.79 Å². The molecule has 6 nitrogen and oxygen atoms in total. The first-order valence-electron chi connectivity index (χ1n) is 11.1. The van der Waals surface area contributed by atoms with Crippen molar-refractivity contribution in [2.45, 2.75) is 24.9 Å². The maximum atomic E-state index is 9.84. The highest BCUT2D eigenvalue weighted by atomic mass is 35.5. The number of allylic oxidation sites excluding steroid dienone is 2. The molecule has 0 spiro atoms. The highest BCUT2D eigenvalue weighted by Crippen LogP contribution is 2.38. The van der Waals surface area contributed by atoms with Crippen LogP contribution in [-0.4, -0.2) is 60.5 Å². The third-order valence-corrected chi connectivity index (χ3v) is 6.58. The largest absolute Gasteiger partial charge is 0.382 e. The first-order chi connectivity index (χ1) is 15.7. The van der Waals surface area contributed by atoms with Crippen molar-refractivity contribution >= 4 is 23.7 Å². The van der Waals surface area contributed by atoms with Gasteiger partial charge in [0.2, 0.25) is 6.41 Å². The SMILES string of the molecule is CN1CCN(C2c3ccc(Cl)cc3CCC3=CC=CNC32)CC1.O=CNc1ccncc1. The molecule has 0 radical (unpaired) electrons. The molecule has 1 fully saturated rings. The smallest absolute Gasteiger partial charge is 0.211 e. The molecule has 0 saturated carbocycles. The minimum Gasteiger partial charge on any atom is -0.382 e. The van der Waals surface area contributed by atoms with Crippen LogP contribution in [0.15, 0.2) is 66.7 Å². The molecular formula is C25H30ClN5O. The molecule has 1 aromatic carbocycles. The van der Waals surface area contributed by atoms with Crippen molar-refractivity contribution in [3.05, 3.63) is 82.8 Å². The number of aryl methyl sites for hydroxylation is 1. The number of hydrogen-bond donors (Lipinski definition) is 2. The van der Waals surface area contributed by atoms with Gasteiger partial charge in [-0.05, 0) is 73.1 Å². The molecule has 1 aromatic heterocycles. The Morgan fingerprint density at radius 1 is 1.12 bits per heavy atom. The van der Waals surface area contributed by atoms with E-state index in [1.807, 2.05) is 0 Å². The average molecular weight is 452 g/mol. The molecule has 5 rings (SSSR count). The number of fused-ring (bicyclic) bond motifs is 2. The zero-order valence-corrected chi connectivity index (χ0v) is 19.1. The van der Waals surface area contributed by atoms with E-state index in [0.29, 0.717) is 18.5 Å². The number of likely N-dealkylation sites (N-methyl/N-ethyl adjacent to an activating group) is 1. The lowest BCUT2D eigenvalue weighted by molar-refractivity contribution is -0.105. The highest BCUT2D eigenvalue weighted by molar-refractivity contribution is 6.30. The van der Waals surface area contributed by atoms with Crippen molar-refractivity contribution in [1.82, 2.24) is 20.1 Å². The zero-order chi connectivity index (χ0) is 22.3. The Morgan fingerprint density at radius 3 is 2.66 bits per heavy atom. The summed E-state index contributed by atoms with van der Waals surface area (Å²) in [6.07, 6.45) is 12.6. The fourth-order valence-corrected chi connectivity index (χ4v) is 4.83. The first kappa shape index (κ1) is 22.5. The molecule has 2 N–H and O–H groups in total. The van der Waals surface area contributed by atoms with Gasteiger partial charge in [0.1, 0.15) is 0 Å². The monoisotopic (exact) mass is 451 g/mol. The van der Waals surface area contributed by atoms with Crippen molar-refractivity contribution in [2.24, 2.45) is 0 Å². The number of anilines is 1. The zero-order valence-electron chi connectivity index (χ0n) is 18.4. The number of carbonyl (C=O) groups is 1. The molecule has 1 amide bonds. The molecule has 3 aliphatic rings. The van der Waals surface area contributed by atoms with Gasteiger partial charge in [-0.1, -0.05) is 23.7 Å². The van der Waals surface area contributed by atoms with Gasteiger partial charge < -0.3 is 15.5 Å². The Kier molecular flexibility index (Phi) is 7.58. The van der Waals surface area contributed by atoms with E-state index in [1.165, 1.54) is 16.7 Å². The van der Waals surface area contributed by atoms with E-state index >= 15 is 0 Å². The molecule has 7 heteroatoms. The Labute approximate surface area is 195 Å². The quantitative estimate of drug-likeness (QED) is 0.698. The summed E-state index contributed by atoms with van der Waals surface area (Å²) in [7, 11) is 2.21. The molecule has 2 unspecified atom stereocenters. The van der Waals surface area contributed by atoms with Crippen molar-refractivity contribution < 1.29 is 4.79 Å². The van der Waals surface area contributed by atoms with Gasteiger partial charge >= 0.3 is 0 Å². The first-order valence-corrected chi connectivity index (χ1v) is 11.5. The van der Waals surface area contributed by atoms with E-state index < -0.39 is 0 Å². The normalized spacial score (nSPS) is 22.8. The summed E-state index contributed by atoms with van der Waals surface area (Å²) < 4.78 is 0. The Hall–Kier alpha value is -2.67. The summed E-state index contributed by atoms with van der Waals surface area (Å²) in [6, 6.07) is 10.7. The predicted molar refractivity (Wildman–Crippen MR) is 130 cm³/mol. The number of nitrogens with zero attached hydrogens (tertiary/aromatic N) is 3. The number of pyridine rings is 1. The molecule has 2 aromatic rings. The Bertz CT molecular complexity index is 970. The second-order valence-corrected chi connectivity index (χ2v) is 8.81. The lowest BCUT2D eigenvalue weighted by atomic mass is 9.91. The van der Waals surface area contributed by atoms with Gasteiger partial charge in [0.05, 0.1) is 12.1 Å². The maximum Gasteiger partial charge on any atom is 0.211 e. The van der Waals surface area contributed by atoms with Gasteiger partial charge in [0.15, 0.2) is 0 Å². The third-order valence-electron chi connectivity index (χ3n) is 6.34. The second kappa shape index (κ2) is 10.8. The number of carbonyl (C=O) groups excluding carboxylic acids is 1. The number of piperazine rings is 1. The molecule has 1 saturated heterocycles. The predicted octanol–water partition coefficient (Wildman–Crippen LogP) is 3.64. The van der Waals surface area contributed by atoms with Gasteiger partial charge in [-0.2, -0.15) is 0 Å². The number of dihydropyridines is 1. The number of amides is 1. The second-order valence-electron chi connectivity index (χ2n) is 8.37. The molecule has 2 aliphatic heterocycles. The lowest BCUT2D eigenvalue weighted by Gasteiger charge is -2.42. The minimum absolute atomic E-state index is 0.380. The molecule has 0 bridgehead atoms. The van der Waals surface area contributed by atoms with E-state index in [2.05, 4.69) is 69.0 Å². The third kappa shape index (κ3) is 5.38. The summed E-state index contributed by atoms with van der Waals surface area (Å²) in [4.78, 5) is 18.7. The fourth-order valence-electron chi connectivity index (χ4n) is 4.64. The van der Waals surface area contributed by atoms with Gasteiger partial charge in [-0.25, -0.2) is 0 Å². The van der Waals surface area contributed by atoms with Crippen LogP contribution in [0.2, 0.25) is 5.02 Å². The van der Waals surface area contributed by atoms with Crippen LogP contribution in [0.25, 0.3) is 0 Å². The van der Waals surface area contributed by atoms with Crippen LogP contribution in [0.5, 0.6) is 0 Å². The molecule has 168 valence electrons. The van der Waals surface area contributed by atoms with E-state index in [0.717, 1.165) is 49.7 Å². The summed E-state index contributed by atoms with van der Waals surface area (Å²) in [5.74, 6) is 0. The fraction of sp³-hybridized carbons (Fsp3) is 0.360. The van der Waals surface area contributed by atoms with Gasteiger partial charge in [0.25, 0.3) is 0 Å². The summed E-state index contributed by atoms with van der Waals surface area (Å²) in [5, 5.41) is 6.98. The van der Waals surface area contributed by atoms with Gasteiger partial charge in [0, 0.05) is 49.3 Å². The number of benzene rings is 1. The summed E-state index contributed by atoms with van der Waals surface area (Å²) >= 11 is 6.27. The average Bonchev–Trinajstić information content (AvgIpc) is 2.98. The number of nitrogens with one attached hydrogen (secondary N) is 2. The molecule has 1 aliphatic carbocycles. The van der Waals surface area contributed by atoms with Crippen molar-refractivity contribution in [3.63, 3.8) is 0 Å². The number of halogens is 1. The van der Waals surface area contributed by atoms with Crippen LogP contribution < -0.4 is 10.6 Å². The van der Waals surface area contributed by atoms with Crippen LogP contribution in [0.4, 0.5) is 5.69 Å². The van der Waals surface area contributed by atoms with E-state index in [-0.39, 0.29) is 0 Å². The molecule has 2 atom stereocenters. The lowest BCUT2D eigenvalue weighted by Crippen LogP contribution is -2.51. The minimum atomic E-state index is 0.380. The highest BCUT2D eigenvalue weighted by Gasteiger charge is 2.36. The van der Waals surface area contributed by atoms with E-state index in [1.54, 1.807) is 24.5 Å². The molecular weight excluding hydrogens is 422 g/mol. The molecule has 32 heavy (non-hydrogen) atoms. The van der Waals surface area contributed by atoms with Crippen molar-refractivity contribution in [3.8, 4) is 0 Å². The maximum absolute atomic E-state index is 9.84.